The van der Waals surface area contributed by atoms with Gasteiger partial charge in [0.2, 0.25) is 6.29 Å². The first-order valence-corrected chi connectivity index (χ1v) is 9.79. The van der Waals surface area contributed by atoms with Crippen LogP contribution in [0.5, 0.6) is 0 Å². The number of aliphatic carboxylic acids is 1. The van der Waals surface area contributed by atoms with Gasteiger partial charge < -0.3 is 14.6 Å². The van der Waals surface area contributed by atoms with Gasteiger partial charge >= 0.3 is 11.9 Å². The van der Waals surface area contributed by atoms with E-state index < -0.39 is 18.2 Å². The van der Waals surface area contributed by atoms with E-state index in [9.17, 15) is 14.7 Å². The number of carboxylic acid groups (broad SMARTS) is 1. The summed E-state index contributed by atoms with van der Waals surface area (Å²) >= 11 is 0. The minimum absolute atomic E-state index is 0.0182. The minimum atomic E-state index is -0.842. The topological polar surface area (TPSA) is 72.8 Å². The van der Waals surface area contributed by atoms with Gasteiger partial charge in [0.05, 0.1) is 17.8 Å². The number of methoxy groups -OCH3 is 1. The van der Waals surface area contributed by atoms with Crippen molar-refractivity contribution in [3.05, 3.63) is 11.1 Å². The Morgan fingerprint density at radius 1 is 1.31 bits per heavy atom. The molecule has 146 valence electrons. The predicted molar refractivity (Wildman–Crippen MR) is 97.3 cm³/mol. The molecule has 2 fully saturated rings. The zero-order chi connectivity index (χ0) is 19.3. The summed E-state index contributed by atoms with van der Waals surface area (Å²) in [5.74, 6) is -2.27. The molecule has 1 aliphatic heterocycles. The predicted octanol–water partition coefficient (Wildman–Crippen LogP) is 4.17. The second-order valence-electron chi connectivity index (χ2n) is 9.46. The third-order valence-electron chi connectivity index (χ3n) is 6.92. The quantitative estimate of drug-likeness (QED) is 0.599. The van der Waals surface area contributed by atoms with E-state index in [1.54, 1.807) is 6.92 Å². The number of cyclic esters (lactones) is 1. The fourth-order valence-corrected chi connectivity index (χ4v) is 5.89. The van der Waals surface area contributed by atoms with Gasteiger partial charge in [-0.3, -0.25) is 9.59 Å². The zero-order valence-corrected chi connectivity index (χ0v) is 16.6. The fraction of sp³-hybridized carbons (Fsp3) is 0.810. The highest BCUT2D eigenvalue weighted by atomic mass is 16.7. The summed E-state index contributed by atoms with van der Waals surface area (Å²) in [5.41, 5.74) is 2.38. The van der Waals surface area contributed by atoms with E-state index in [0.29, 0.717) is 0 Å². The van der Waals surface area contributed by atoms with E-state index in [1.165, 1.54) is 19.1 Å². The van der Waals surface area contributed by atoms with Crippen molar-refractivity contribution in [2.45, 2.75) is 72.5 Å². The number of esters is 1. The van der Waals surface area contributed by atoms with Gasteiger partial charge in [0.1, 0.15) is 0 Å². The number of allylic oxidation sites excluding steroid dienone is 1. The normalized spacial score (nSPS) is 37.9. The van der Waals surface area contributed by atoms with E-state index in [-0.39, 0.29) is 28.6 Å². The SMILES string of the molecule is CO[C@@H]1OC(=O)[C@@H]2CCC([C@@]3(C)CCCC(C)(C)C3)=C([C@@H](C)C(=O)O)[C@H]12. The van der Waals surface area contributed by atoms with Crippen molar-refractivity contribution in [3.63, 3.8) is 0 Å². The van der Waals surface area contributed by atoms with Crippen LogP contribution < -0.4 is 0 Å². The molecule has 5 atom stereocenters. The zero-order valence-electron chi connectivity index (χ0n) is 16.6. The number of carbonyl (C=O) groups is 2. The Morgan fingerprint density at radius 2 is 2.00 bits per heavy atom. The largest absolute Gasteiger partial charge is 0.481 e. The van der Waals surface area contributed by atoms with Crippen LogP contribution in [0.25, 0.3) is 0 Å². The number of carboxylic acids is 1. The van der Waals surface area contributed by atoms with Crippen LogP contribution in [0, 0.1) is 28.6 Å². The number of hydrogen-bond acceptors (Lipinski definition) is 4. The molecule has 0 unspecified atom stereocenters. The van der Waals surface area contributed by atoms with Gasteiger partial charge in [-0.25, -0.2) is 0 Å². The summed E-state index contributed by atoms with van der Waals surface area (Å²) in [6, 6.07) is 0. The maximum absolute atomic E-state index is 12.3. The van der Waals surface area contributed by atoms with Crippen LogP contribution in [0.2, 0.25) is 0 Å². The third kappa shape index (κ3) is 3.19. The molecule has 0 spiro atoms. The molecule has 3 rings (SSSR count). The average Bonchev–Trinajstić information content (AvgIpc) is 2.88. The van der Waals surface area contributed by atoms with Crippen LogP contribution in [0.3, 0.4) is 0 Å². The Labute approximate surface area is 156 Å². The molecule has 1 N–H and O–H groups in total. The molecule has 0 amide bonds. The summed E-state index contributed by atoms with van der Waals surface area (Å²) in [4.78, 5) is 24.2. The second kappa shape index (κ2) is 6.66. The summed E-state index contributed by atoms with van der Waals surface area (Å²) in [5, 5.41) is 9.78. The number of hydrogen-bond donors (Lipinski definition) is 1. The molecule has 0 bridgehead atoms. The lowest BCUT2D eigenvalue weighted by Gasteiger charge is -2.48. The lowest BCUT2D eigenvalue weighted by molar-refractivity contribution is -0.161. The maximum Gasteiger partial charge on any atom is 0.312 e. The lowest BCUT2D eigenvalue weighted by Crippen LogP contribution is -2.40. The van der Waals surface area contributed by atoms with Crippen molar-refractivity contribution in [3.8, 4) is 0 Å². The molecule has 3 aliphatic rings. The molecular weight excluding hydrogens is 332 g/mol. The van der Waals surface area contributed by atoms with Crippen molar-refractivity contribution in [2.24, 2.45) is 28.6 Å². The fourth-order valence-electron chi connectivity index (χ4n) is 5.89. The summed E-state index contributed by atoms with van der Waals surface area (Å²) in [7, 11) is 1.53. The Bertz CT molecular complexity index is 634. The van der Waals surface area contributed by atoms with Crippen LogP contribution in [0.1, 0.15) is 66.2 Å². The first-order chi connectivity index (χ1) is 12.1. The van der Waals surface area contributed by atoms with Crippen molar-refractivity contribution in [1.82, 2.24) is 0 Å². The minimum Gasteiger partial charge on any atom is -0.481 e. The van der Waals surface area contributed by atoms with E-state index >= 15 is 0 Å². The van der Waals surface area contributed by atoms with Crippen molar-refractivity contribution in [2.75, 3.05) is 7.11 Å². The first kappa shape index (κ1) is 19.4. The number of carbonyl (C=O) groups excluding carboxylic acids is 1. The molecule has 0 aromatic rings. The number of rotatable bonds is 4. The smallest absolute Gasteiger partial charge is 0.312 e. The highest BCUT2D eigenvalue weighted by Gasteiger charge is 2.53. The molecule has 0 aromatic carbocycles. The molecule has 1 saturated heterocycles. The Morgan fingerprint density at radius 3 is 2.58 bits per heavy atom. The van der Waals surface area contributed by atoms with Crippen LogP contribution in [-0.2, 0) is 19.1 Å². The highest BCUT2D eigenvalue weighted by molar-refractivity contribution is 5.79. The van der Waals surface area contributed by atoms with E-state index in [0.717, 1.165) is 37.7 Å². The van der Waals surface area contributed by atoms with Gasteiger partial charge in [-0.1, -0.05) is 32.8 Å². The van der Waals surface area contributed by atoms with Gasteiger partial charge in [-0.05, 0) is 55.4 Å². The van der Waals surface area contributed by atoms with Gasteiger partial charge in [-0.15, -0.1) is 0 Å². The third-order valence-corrected chi connectivity index (χ3v) is 6.92. The summed E-state index contributed by atoms with van der Waals surface area (Å²) in [6.07, 6.45) is 5.32. The monoisotopic (exact) mass is 364 g/mol. The standard InChI is InChI=1S/C21H32O5/c1-12(17(22)23)15-14(21(4)10-6-9-20(2,3)11-21)8-7-13-16(15)19(25-5)26-18(13)24/h12-13,16,19H,6-11H2,1-5H3,(H,22,23)/t12-,13-,16-,19-,21+/m1/s1. The molecule has 0 aromatic heterocycles. The number of fused-ring (bicyclic) bond motifs is 1. The second-order valence-corrected chi connectivity index (χ2v) is 9.46. The van der Waals surface area contributed by atoms with Crippen LogP contribution in [0.15, 0.2) is 11.1 Å². The van der Waals surface area contributed by atoms with Crippen LogP contribution >= 0.6 is 0 Å². The van der Waals surface area contributed by atoms with Gasteiger partial charge in [0, 0.05) is 7.11 Å². The molecule has 1 saturated carbocycles. The molecule has 0 radical (unpaired) electrons. The van der Waals surface area contributed by atoms with Gasteiger partial charge in [0.15, 0.2) is 0 Å². The molecule has 1 heterocycles. The Hall–Kier alpha value is -1.36. The molecule has 5 nitrogen and oxygen atoms in total. The van der Waals surface area contributed by atoms with Crippen molar-refractivity contribution >= 4 is 11.9 Å². The first-order valence-electron chi connectivity index (χ1n) is 9.79. The lowest BCUT2D eigenvalue weighted by atomic mass is 9.56. The van der Waals surface area contributed by atoms with Crippen LogP contribution in [0.4, 0.5) is 0 Å². The Kier molecular flexibility index (Phi) is 4.97. The summed E-state index contributed by atoms with van der Waals surface area (Å²) in [6.45, 7) is 8.64. The average molecular weight is 364 g/mol. The van der Waals surface area contributed by atoms with E-state index in [2.05, 4.69) is 20.8 Å². The Balaban J connectivity index is 2.12. The molecular formula is C21H32O5. The number of ether oxygens (including phenoxy) is 2. The van der Waals surface area contributed by atoms with Crippen molar-refractivity contribution in [1.29, 1.82) is 0 Å². The highest BCUT2D eigenvalue weighted by Crippen LogP contribution is 2.57. The molecule has 26 heavy (non-hydrogen) atoms. The van der Waals surface area contributed by atoms with Gasteiger partial charge in [-0.2, -0.15) is 0 Å². The molecule has 5 heteroatoms. The van der Waals surface area contributed by atoms with E-state index in [4.69, 9.17) is 9.47 Å². The van der Waals surface area contributed by atoms with Gasteiger partial charge in [0.25, 0.3) is 0 Å². The van der Waals surface area contributed by atoms with Crippen LogP contribution in [-0.4, -0.2) is 30.4 Å². The van der Waals surface area contributed by atoms with E-state index in [1.807, 2.05) is 0 Å². The molecule has 2 aliphatic carbocycles. The van der Waals surface area contributed by atoms with Crippen molar-refractivity contribution < 1.29 is 24.2 Å². The summed E-state index contributed by atoms with van der Waals surface area (Å²) < 4.78 is 10.9. The maximum atomic E-state index is 12.3.